The number of carbonyl (C=O) groups is 1. The summed E-state index contributed by atoms with van der Waals surface area (Å²) in [7, 11) is 0. The van der Waals surface area contributed by atoms with Crippen LogP contribution in [0.2, 0.25) is 0 Å². The van der Waals surface area contributed by atoms with Gasteiger partial charge in [0.15, 0.2) is 0 Å². The molecule has 0 aliphatic heterocycles. The third-order valence-corrected chi connectivity index (χ3v) is 6.15. The van der Waals surface area contributed by atoms with Crippen LogP contribution < -0.4 is 0 Å². The van der Waals surface area contributed by atoms with Gasteiger partial charge in [0, 0.05) is 18.2 Å². The molecule has 0 aliphatic carbocycles. The zero-order valence-corrected chi connectivity index (χ0v) is 20.7. The highest BCUT2D eigenvalue weighted by Crippen LogP contribution is 2.22. The maximum atomic E-state index is 13.1. The lowest BCUT2D eigenvalue weighted by Crippen LogP contribution is -2.45. The normalized spacial score (nSPS) is 12.9. The molecule has 1 amide bonds. The molecule has 1 aromatic rings. The molecule has 0 bridgehead atoms. The second-order valence-electron chi connectivity index (χ2n) is 8.95. The maximum absolute atomic E-state index is 13.1. The third-order valence-electron chi connectivity index (χ3n) is 6.15. The first-order valence-corrected chi connectivity index (χ1v) is 12.6. The van der Waals surface area contributed by atoms with Crippen LogP contribution in [0.15, 0.2) is 24.3 Å². The SMILES string of the molecule is CCCCCCCC(C)N(C(=O)OCc1ccccc1[N+](=O)[O-])C(C)CCCCCCC. The van der Waals surface area contributed by atoms with E-state index in [-0.39, 0.29) is 30.5 Å². The van der Waals surface area contributed by atoms with Gasteiger partial charge in [0.2, 0.25) is 0 Å². The lowest BCUT2D eigenvalue weighted by molar-refractivity contribution is -0.385. The second-order valence-corrected chi connectivity index (χ2v) is 8.95. The highest BCUT2D eigenvalue weighted by molar-refractivity contribution is 5.68. The number of unbranched alkanes of at least 4 members (excludes halogenated alkanes) is 8. The molecule has 2 atom stereocenters. The number of nitro benzene ring substituents is 1. The summed E-state index contributed by atoms with van der Waals surface area (Å²) in [5.41, 5.74) is 0.407. The Kier molecular flexibility index (Phi) is 14.4. The Balaban J connectivity index is 2.74. The highest BCUT2D eigenvalue weighted by atomic mass is 16.6. The molecule has 32 heavy (non-hydrogen) atoms. The molecule has 182 valence electrons. The molecule has 0 saturated carbocycles. The number of hydrogen-bond acceptors (Lipinski definition) is 4. The van der Waals surface area contributed by atoms with E-state index < -0.39 is 4.92 Å². The number of carbonyl (C=O) groups excluding carboxylic acids is 1. The van der Waals surface area contributed by atoms with Gasteiger partial charge in [0.1, 0.15) is 6.61 Å². The zero-order valence-electron chi connectivity index (χ0n) is 20.7. The average Bonchev–Trinajstić information content (AvgIpc) is 2.77. The van der Waals surface area contributed by atoms with Crippen molar-refractivity contribution in [2.75, 3.05) is 0 Å². The molecule has 0 heterocycles. The van der Waals surface area contributed by atoms with Crippen molar-refractivity contribution < 1.29 is 14.5 Å². The summed E-state index contributed by atoms with van der Waals surface area (Å²) >= 11 is 0. The van der Waals surface area contributed by atoms with Crippen LogP contribution in [0.3, 0.4) is 0 Å². The Morgan fingerprint density at radius 1 is 0.906 bits per heavy atom. The summed E-state index contributed by atoms with van der Waals surface area (Å²) in [6, 6.07) is 6.60. The minimum atomic E-state index is -0.432. The number of benzene rings is 1. The summed E-state index contributed by atoms with van der Waals surface area (Å²) < 4.78 is 5.60. The molecule has 2 unspecified atom stereocenters. The van der Waals surface area contributed by atoms with E-state index >= 15 is 0 Å². The molecule has 0 radical (unpaired) electrons. The van der Waals surface area contributed by atoms with Crippen molar-refractivity contribution in [1.29, 1.82) is 0 Å². The number of rotatable bonds is 17. The molecule has 0 N–H and O–H groups in total. The van der Waals surface area contributed by atoms with Crippen LogP contribution in [0.25, 0.3) is 0 Å². The van der Waals surface area contributed by atoms with Crippen molar-refractivity contribution in [1.82, 2.24) is 4.90 Å². The molecular formula is C26H44N2O4. The van der Waals surface area contributed by atoms with Crippen LogP contribution >= 0.6 is 0 Å². The molecule has 0 saturated heterocycles. The zero-order chi connectivity index (χ0) is 23.8. The van der Waals surface area contributed by atoms with Gasteiger partial charge in [-0.25, -0.2) is 4.79 Å². The van der Waals surface area contributed by atoms with E-state index in [1.807, 2.05) is 4.90 Å². The van der Waals surface area contributed by atoms with E-state index in [9.17, 15) is 14.9 Å². The van der Waals surface area contributed by atoms with Crippen LogP contribution in [0.1, 0.15) is 110 Å². The van der Waals surface area contributed by atoms with Crippen LogP contribution in [-0.4, -0.2) is 28.0 Å². The van der Waals surface area contributed by atoms with Gasteiger partial charge >= 0.3 is 6.09 Å². The predicted octanol–water partition coefficient (Wildman–Crippen LogP) is 8.03. The first-order chi connectivity index (χ1) is 15.4. The van der Waals surface area contributed by atoms with Crippen LogP contribution in [0, 0.1) is 10.1 Å². The Labute approximate surface area is 194 Å². The van der Waals surface area contributed by atoms with Gasteiger partial charge in [-0.2, -0.15) is 0 Å². The van der Waals surface area contributed by atoms with Crippen molar-refractivity contribution >= 4 is 11.8 Å². The molecule has 0 fully saturated rings. The minimum absolute atomic E-state index is 0.0141. The van der Waals surface area contributed by atoms with Crippen molar-refractivity contribution in [3.63, 3.8) is 0 Å². The van der Waals surface area contributed by atoms with Gasteiger partial charge < -0.3 is 9.64 Å². The molecule has 6 heteroatoms. The highest BCUT2D eigenvalue weighted by Gasteiger charge is 2.27. The van der Waals surface area contributed by atoms with Crippen molar-refractivity contribution in [2.45, 2.75) is 123 Å². The second kappa shape index (κ2) is 16.5. The van der Waals surface area contributed by atoms with Crippen molar-refractivity contribution in [2.24, 2.45) is 0 Å². The fraction of sp³-hybridized carbons (Fsp3) is 0.731. The number of ether oxygens (including phenoxy) is 1. The van der Waals surface area contributed by atoms with E-state index in [0.717, 1.165) is 25.7 Å². The van der Waals surface area contributed by atoms with E-state index in [1.54, 1.807) is 18.2 Å². The fourth-order valence-electron chi connectivity index (χ4n) is 4.18. The number of para-hydroxylation sites is 1. The van der Waals surface area contributed by atoms with E-state index in [0.29, 0.717) is 5.56 Å². The van der Waals surface area contributed by atoms with Gasteiger partial charge in [0.25, 0.3) is 5.69 Å². The third kappa shape index (κ3) is 10.5. The van der Waals surface area contributed by atoms with Crippen LogP contribution in [0.4, 0.5) is 10.5 Å². The minimum Gasteiger partial charge on any atom is -0.444 e. The topological polar surface area (TPSA) is 72.7 Å². The Morgan fingerprint density at radius 3 is 1.91 bits per heavy atom. The fourth-order valence-corrected chi connectivity index (χ4v) is 4.18. The van der Waals surface area contributed by atoms with Gasteiger partial charge in [-0.05, 0) is 32.8 Å². The van der Waals surface area contributed by atoms with E-state index in [1.165, 1.54) is 57.4 Å². The number of nitro groups is 1. The lowest BCUT2D eigenvalue weighted by atomic mass is 10.0. The maximum Gasteiger partial charge on any atom is 0.410 e. The number of amides is 1. The van der Waals surface area contributed by atoms with E-state index in [2.05, 4.69) is 27.7 Å². The Bertz CT molecular complexity index is 645. The Hall–Kier alpha value is -2.11. The molecule has 0 aliphatic rings. The number of nitrogens with zero attached hydrogens (tertiary/aromatic N) is 2. The first kappa shape index (κ1) is 27.9. The molecule has 0 aromatic heterocycles. The quantitative estimate of drug-likeness (QED) is 0.137. The van der Waals surface area contributed by atoms with Gasteiger partial charge in [-0.1, -0.05) is 90.2 Å². The molecule has 1 aromatic carbocycles. The smallest absolute Gasteiger partial charge is 0.410 e. The van der Waals surface area contributed by atoms with E-state index in [4.69, 9.17) is 4.74 Å². The largest absolute Gasteiger partial charge is 0.444 e. The Morgan fingerprint density at radius 2 is 1.41 bits per heavy atom. The first-order valence-electron chi connectivity index (χ1n) is 12.6. The van der Waals surface area contributed by atoms with Crippen LogP contribution in [-0.2, 0) is 11.3 Å². The molecule has 6 nitrogen and oxygen atoms in total. The van der Waals surface area contributed by atoms with Gasteiger partial charge in [-0.15, -0.1) is 0 Å². The number of hydrogen-bond donors (Lipinski definition) is 0. The monoisotopic (exact) mass is 448 g/mol. The molecule has 0 spiro atoms. The predicted molar refractivity (Wildman–Crippen MR) is 131 cm³/mol. The summed E-state index contributed by atoms with van der Waals surface area (Å²) in [5, 5.41) is 11.3. The summed E-state index contributed by atoms with van der Waals surface area (Å²) in [6.07, 6.45) is 13.5. The van der Waals surface area contributed by atoms with Crippen molar-refractivity contribution in [3.05, 3.63) is 39.9 Å². The summed E-state index contributed by atoms with van der Waals surface area (Å²) in [6.45, 7) is 8.53. The van der Waals surface area contributed by atoms with Crippen molar-refractivity contribution in [3.8, 4) is 0 Å². The van der Waals surface area contributed by atoms with Gasteiger partial charge in [-0.3, -0.25) is 10.1 Å². The standard InChI is InChI=1S/C26H44N2O4/c1-5-7-9-11-13-17-22(3)27(23(4)18-14-12-10-8-6-2)26(29)32-21-24-19-15-16-20-25(24)28(30)31/h15-16,19-20,22-23H,5-14,17-18,21H2,1-4H3. The lowest BCUT2D eigenvalue weighted by Gasteiger charge is -2.34. The molecular weight excluding hydrogens is 404 g/mol. The van der Waals surface area contributed by atoms with Crippen LogP contribution in [0.5, 0.6) is 0 Å². The average molecular weight is 449 g/mol. The summed E-state index contributed by atoms with van der Waals surface area (Å²) in [4.78, 5) is 25.8. The summed E-state index contributed by atoms with van der Waals surface area (Å²) in [5.74, 6) is 0. The molecule has 1 rings (SSSR count). The van der Waals surface area contributed by atoms with Gasteiger partial charge in [0.05, 0.1) is 10.5 Å².